The second-order valence-electron chi connectivity index (χ2n) is 7.10. The first-order valence-electron chi connectivity index (χ1n) is 7.88. The molecule has 128 valence electrons. The summed E-state index contributed by atoms with van der Waals surface area (Å²) in [4.78, 5) is 25.3. The van der Waals surface area contributed by atoms with Crippen molar-refractivity contribution in [3.63, 3.8) is 0 Å². The molecule has 0 aliphatic carbocycles. The third-order valence-corrected chi connectivity index (χ3v) is 4.82. The Labute approximate surface area is 147 Å². The molecule has 0 bridgehead atoms. The van der Waals surface area contributed by atoms with Gasteiger partial charge in [-0.05, 0) is 44.0 Å². The van der Waals surface area contributed by atoms with Crippen molar-refractivity contribution >= 4 is 33.8 Å². The molecule has 2 N–H and O–H groups in total. The molecule has 0 radical (unpaired) electrons. The van der Waals surface area contributed by atoms with Gasteiger partial charge in [-0.3, -0.25) is 9.59 Å². The Morgan fingerprint density at radius 1 is 0.958 bits per heavy atom. The Bertz CT molecular complexity index is 785. The van der Waals surface area contributed by atoms with E-state index in [1.807, 2.05) is 65.8 Å². The zero-order chi connectivity index (χ0) is 18.1. The number of rotatable bonds is 3. The summed E-state index contributed by atoms with van der Waals surface area (Å²) in [6.45, 7) is 11.4. The van der Waals surface area contributed by atoms with Crippen LogP contribution in [0.3, 0.4) is 0 Å². The van der Waals surface area contributed by atoms with Crippen LogP contribution in [-0.2, 0) is 4.79 Å². The Morgan fingerprint density at radius 3 is 2.21 bits per heavy atom. The van der Waals surface area contributed by atoms with Gasteiger partial charge in [-0.15, -0.1) is 11.3 Å². The molecule has 1 aromatic heterocycles. The minimum atomic E-state index is -0.473. The number of hydrogen-bond donors (Lipinski definition) is 2. The number of thiophene rings is 1. The van der Waals surface area contributed by atoms with Gasteiger partial charge in [0.25, 0.3) is 5.91 Å². The van der Waals surface area contributed by atoms with Crippen LogP contribution in [0.5, 0.6) is 0 Å². The highest BCUT2D eigenvalue weighted by Gasteiger charge is 2.23. The Balaban J connectivity index is 2.17. The predicted molar refractivity (Wildman–Crippen MR) is 101 cm³/mol. The van der Waals surface area contributed by atoms with Crippen molar-refractivity contribution in [3.8, 4) is 0 Å². The molecule has 24 heavy (non-hydrogen) atoms. The highest BCUT2D eigenvalue weighted by atomic mass is 32.1. The highest BCUT2D eigenvalue weighted by molar-refractivity contribution is 7.18. The van der Waals surface area contributed by atoms with Gasteiger partial charge in [0.05, 0.1) is 9.88 Å². The fourth-order valence-electron chi connectivity index (χ4n) is 2.20. The van der Waals surface area contributed by atoms with Crippen molar-refractivity contribution in [2.24, 2.45) is 5.41 Å². The van der Waals surface area contributed by atoms with Gasteiger partial charge in [-0.1, -0.05) is 38.5 Å². The SMILES string of the molecule is Cc1ccc(NC(=O)c2sc(NC(=O)C(C)(C)C)cc2C)c(C)c1. The molecule has 4 nitrogen and oxygen atoms in total. The first kappa shape index (κ1) is 18.2. The lowest BCUT2D eigenvalue weighted by molar-refractivity contribution is -0.123. The lowest BCUT2D eigenvalue weighted by atomic mass is 9.96. The molecule has 0 unspecified atom stereocenters. The van der Waals surface area contributed by atoms with Crippen LogP contribution in [0.15, 0.2) is 24.3 Å². The van der Waals surface area contributed by atoms with Crippen molar-refractivity contribution in [1.29, 1.82) is 0 Å². The lowest BCUT2D eigenvalue weighted by Gasteiger charge is -2.16. The minimum absolute atomic E-state index is 0.0647. The summed E-state index contributed by atoms with van der Waals surface area (Å²) >= 11 is 1.30. The molecule has 5 heteroatoms. The van der Waals surface area contributed by atoms with Crippen molar-refractivity contribution in [1.82, 2.24) is 0 Å². The number of hydrogen-bond acceptors (Lipinski definition) is 3. The highest BCUT2D eigenvalue weighted by Crippen LogP contribution is 2.29. The Morgan fingerprint density at radius 2 is 1.62 bits per heavy atom. The molecular weight excluding hydrogens is 320 g/mol. The van der Waals surface area contributed by atoms with E-state index in [-0.39, 0.29) is 11.8 Å². The molecule has 0 aliphatic heterocycles. The fraction of sp³-hybridized carbons (Fsp3) is 0.368. The molecule has 2 aromatic rings. The van der Waals surface area contributed by atoms with Gasteiger partial charge < -0.3 is 10.6 Å². The minimum Gasteiger partial charge on any atom is -0.321 e. The summed E-state index contributed by atoms with van der Waals surface area (Å²) in [6.07, 6.45) is 0. The predicted octanol–water partition coefficient (Wildman–Crippen LogP) is 4.91. The lowest BCUT2D eigenvalue weighted by Crippen LogP contribution is -2.27. The maximum Gasteiger partial charge on any atom is 0.266 e. The van der Waals surface area contributed by atoms with Crippen LogP contribution < -0.4 is 10.6 Å². The van der Waals surface area contributed by atoms with Crippen LogP contribution in [0.1, 0.15) is 47.1 Å². The van der Waals surface area contributed by atoms with E-state index >= 15 is 0 Å². The van der Waals surface area contributed by atoms with E-state index in [0.717, 1.165) is 22.4 Å². The largest absolute Gasteiger partial charge is 0.321 e. The summed E-state index contributed by atoms with van der Waals surface area (Å²) in [6, 6.07) is 7.75. The van der Waals surface area contributed by atoms with E-state index in [1.54, 1.807) is 0 Å². The molecule has 0 saturated heterocycles. The van der Waals surface area contributed by atoms with Gasteiger partial charge in [0.1, 0.15) is 0 Å². The molecule has 0 atom stereocenters. The first-order chi connectivity index (χ1) is 11.1. The second-order valence-corrected chi connectivity index (χ2v) is 8.15. The van der Waals surface area contributed by atoms with Crippen molar-refractivity contribution < 1.29 is 9.59 Å². The number of carbonyl (C=O) groups is 2. The maximum atomic E-state index is 12.6. The van der Waals surface area contributed by atoms with E-state index in [1.165, 1.54) is 11.3 Å². The van der Waals surface area contributed by atoms with E-state index in [4.69, 9.17) is 0 Å². The molecular formula is C19H24N2O2S. The quantitative estimate of drug-likeness (QED) is 0.831. The molecule has 2 rings (SSSR count). The van der Waals surface area contributed by atoms with Gasteiger partial charge in [0.2, 0.25) is 5.91 Å². The van der Waals surface area contributed by atoms with Gasteiger partial charge in [0.15, 0.2) is 0 Å². The van der Waals surface area contributed by atoms with E-state index in [0.29, 0.717) is 9.88 Å². The average Bonchev–Trinajstić information content (AvgIpc) is 2.81. The normalized spacial score (nSPS) is 11.2. The van der Waals surface area contributed by atoms with Crippen molar-refractivity contribution in [2.75, 3.05) is 10.6 Å². The monoisotopic (exact) mass is 344 g/mol. The molecule has 0 saturated carbocycles. The number of nitrogens with one attached hydrogen (secondary N) is 2. The number of carbonyl (C=O) groups excluding carboxylic acids is 2. The number of aryl methyl sites for hydroxylation is 3. The Kier molecular flexibility index (Phi) is 5.13. The molecule has 1 aromatic carbocycles. The zero-order valence-electron chi connectivity index (χ0n) is 15.0. The van der Waals surface area contributed by atoms with E-state index in [2.05, 4.69) is 10.6 Å². The van der Waals surface area contributed by atoms with Crippen LogP contribution >= 0.6 is 11.3 Å². The Hall–Kier alpha value is -2.14. The molecule has 0 spiro atoms. The van der Waals surface area contributed by atoms with Crippen LogP contribution in [0.25, 0.3) is 0 Å². The second kappa shape index (κ2) is 6.77. The molecule has 0 fully saturated rings. The number of anilines is 2. The maximum absolute atomic E-state index is 12.6. The zero-order valence-corrected chi connectivity index (χ0v) is 15.9. The standard InChI is InChI=1S/C19H24N2O2S/c1-11-7-8-14(12(2)9-11)20-17(22)16-13(3)10-15(24-16)21-18(23)19(4,5)6/h7-10H,1-6H3,(H,20,22)(H,21,23). The van der Waals surface area contributed by atoms with Crippen molar-refractivity contribution in [3.05, 3.63) is 45.8 Å². The third kappa shape index (κ3) is 4.23. The van der Waals surface area contributed by atoms with Gasteiger partial charge >= 0.3 is 0 Å². The summed E-state index contributed by atoms with van der Waals surface area (Å²) in [5.41, 5.74) is 3.37. The summed E-state index contributed by atoms with van der Waals surface area (Å²) in [5.74, 6) is -0.217. The number of amides is 2. The van der Waals surface area contributed by atoms with Crippen LogP contribution in [-0.4, -0.2) is 11.8 Å². The third-order valence-electron chi connectivity index (χ3n) is 3.67. The van der Waals surface area contributed by atoms with Gasteiger partial charge in [-0.25, -0.2) is 0 Å². The summed E-state index contributed by atoms with van der Waals surface area (Å²) in [7, 11) is 0. The average molecular weight is 344 g/mol. The number of benzene rings is 1. The van der Waals surface area contributed by atoms with Crippen molar-refractivity contribution in [2.45, 2.75) is 41.5 Å². The van der Waals surface area contributed by atoms with E-state index < -0.39 is 5.41 Å². The van der Waals surface area contributed by atoms with Crippen LogP contribution in [0.4, 0.5) is 10.7 Å². The summed E-state index contributed by atoms with van der Waals surface area (Å²) in [5, 5.41) is 6.52. The molecule has 2 amide bonds. The van der Waals surface area contributed by atoms with E-state index in [9.17, 15) is 9.59 Å². The summed E-state index contributed by atoms with van der Waals surface area (Å²) < 4.78 is 0. The van der Waals surface area contributed by atoms with Gasteiger partial charge in [0, 0.05) is 11.1 Å². The molecule has 1 heterocycles. The van der Waals surface area contributed by atoms with Crippen LogP contribution in [0, 0.1) is 26.2 Å². The first-order valence-corrected chi connectivity index (χ1v) is 8.70. The smallest absolute Gasteiger partial charge is 0.266 e. The van der Waals surface area contributed by atoms with Gasteiger partial charge in [-0.2, -0.15) is 0 Å². The fourth-order valence-corrected chi connectivity index (χ4v) is 3.16. The van der Waals surface area contributed by atoms with Crippen LogP contribution in [0.2, 0.25) is 0 Å². The molecule has 0 aliphatic rings. The topological polar surface area (TPSA) is 58.2 Å².